The zero-order valence-corrected chi connectivity index (χ0v) is 19.2. The maximum absolute atomic E-state index is 12.8. The standard InChI is InChI=1S/C23H29N3O5S/c1-17-7-9-20(10-8-17)32(28,29)26-13-11-18(12-14-26)24-23(27)25(2)15-19-16-30-21-5-3-4-6-22(21)31-19/h3-10,18-19H,11-16H2,1-2H3,(H,24,27)/t19-/m0/s1. The van der Waals surface area contributed by atoms with Gasteiger partial charge in [0.05, 0.1) is 11.4 Å². The number of fused-ring (bicyclic) bond motifs is 1. The highest BCUT2D eigenvalue weighted by atomic mass is 32.2. The van der Waals surface area contributed by atoms with E-state index in [0.29, 0.717) is 55.5 Å². The Morgan fingerprint density at radius 2 is 1.75 bits per heavy atom. The lowest BCUT2D eigenvalue weighted by atomic mass is 10.1. The van der Waals surface area contributed by atoms with Crippen LogP contribution in [-0.4, -0.2) is 69.1 Å². The van der Waals surface area contributed by atoms with E-state index in [1.54, 1.807) is 36.2 Å². The Bertz CT molecular complexity index is 1050. The minimum atomic E-state index is -3.51. The molecule has 1 N–H and O–H groups in total. The van der Waals surface area contributed by atoms with Crippen LogP contribution in [0.25, 0.3) is 0 Å². The van der Waals surface area contributed by atoms with Gasteiger partial charge >= 0.3 is 6.03 Å². The monoisotopic (exact) mass is 459 g/mol. The molecule has 0 aromatic heterocycles. The average molecular weight is 460 g/mol. The van der Waals surface area contributed by atoms with Gasteiger partial charge in [0.25, 0.3) is 0 Å². The molecule has 172 valence electrons. The van der Waals surface area contributed by atoms with Gasteiger partial charge in [0, 0.05) is 26.2 Å². The molecular formula is C23H29N3O5S. The van der Waals surface area contributed by atoms with Crippen molar-refractivity contribution in [3.63, 3.8) is 0 Å². The second-order valence-corrected chi connectivity index (χ2v) is 10.3. The predicted molar refractivity (Wildman–Crippen MR) is 120 cm³/mol. The first-order valence-electron chi connectivity index (χ1n) is 10.8. The summed E-state index contributed by atoms with van der Waals surface area (Å²) in [5.74, 6) is 1.39. The third-order valence-electron chi connectivity index (χ3n) is 5.83. The van der Waals surface area contributed by atoms with Crippen molar-refractivity contribution in [3.8, 4) is 11.5 Å². The van der Waals surface area contributed by atoms with Crippen LogP contribution in [0.5, 0.6) is 11.5 Å². The molecular weight excluding hydrogens is 430 g/mol. The number of rotatable bonds is 5. The van der Waals surface area contributed by atoms with Crippen molar-refractivity contribution in [2.75, 3.05) is 33.3 Å². The van der Waals surface area contributed by atoms with E-state index in [-0.39, 0.29) is 18.2 Å². The largest absolute Gasteiger partial charge is 0.486 e. The molecule has 0 saturated carbocycles. The second kappa shape index (κ2) is 9.38. The maximum Gasteiger partial charge on any atom is 0.317 e. The molecule has 2 aliphatic rings. The Hall–Kier alpha value is -2.78. The van der Waals surface area contributed by atoms with Crippen LogP contribution in [0.4, 0.5) is 4.79 Å². The van der Waals surface area contributed by atoms with E-state index in [2.05, 4.69) is 5.32 Å². The third kappa shape index (κ3) is 4.99. The van der Waals surface area contributed by atoms with Crippen molar-refractivity contribution >= 4 is 16.1 Å². The number of likely N-dealkylation sites (N-methyl/N-ethyl adjacent to an activating group) is 1. The number of carbonyl (C=O) groups excluding carboxylic acids is 1. The molecule has 1 fully saturated rings. The van der Waals surface area contributed by atoms with Gasteiger partial charge in [-0.25, -0.2) is 13.2 Å². The lowest BCUT2D eigenvalue weighted by molar-refractivity contribution is 0.0709. The summed E-state index contributed by atoms with van der Waals surface area (Å²) in [6.45, 7) is 3.45. The van der Waals surface area contributed by atoms with Crippen LogP contribution in [0.2, 0.25) is 0 Å². The van der Waals surface area contributed by atoms with Crippen LogP contribution in [0, 0.1) is 6.92 Å². The number of para-hydroxylation sites is 2. The Labute approximate surface area is 189 Å². The molecule has 2 aromatic rings. The first kappa shape index (κ1) is 22.4. The van der Waals surface area contributed by atoms with Crippen LogP contribution in [0.1, 0.15) is 18.4 Å². The van der Waals surface area contributed by atoms with Gasteiger partial charge in [-0.2, -0.15) is 4.31 Å². The molecule has 1 saturated heterocycles. The topological polar surface area (TPSA) is 88.2 Å². The molecule has 0 spiro atoms. The van der Waals surface area contributed by atoms with Gasteiger partial charge in [-0.05, 0) is 44.0 Å². The van der Waals surface area contributed by atoms with Crippen molar-refractivity contribution in [1.29, 1.82) is 0 Å². The van der Waals surface area contributed by atoms with Crippen molar-refractivity contribution in [2.45, 2.75) is 36.8 Å². The first-order chi connectivity index (χ1) is 15.3. The molecule has 9 heteroatoms. The summed E-state index contributed by atoms with van der Waals surface area (Å²) in [4.78, 5) is 14.5. The van der Waals surface area contributed by atoms with Gasteiger partial charge in [0.15, 0.2) is 17.6 Å². The van der Waals surface area contributed by atoms with Gasteiger partial charge in [0.1, 0.15) is 6.61 Å². The molecule has 0 unspecified atom stereocenters. The number of sulfonamides is 1. The third-order valence-corrected chi connectivity index (χ3v) is 7.74. The zero-order chi connectivity index (χ0) is 22.7. The minimum Gasteiger partial charge on any atom is -0.486 e. The fourth-order valence-electron chi connectivity index (χ4n) is 3.93. The van der Waals surface area contributed by atoms with Crippen LogP contribution in [0.3, 0.4) is 0 Å². The molecule has 1 atom stereocenters. The van der Waals surface area contributed by atoms with E-state index >= 15 is 0 Å². The predicted octanol–water partition coefficient (Wildman–Crippen LogP) is 2.63. The van der Waals surface area contributed by atoms with Crippen molar-refractivity contribution in [2.24, 2.45) is 0 Å². The molecule has 0 aliphatic carbocycles. The lowest BCUT2D eigenvalue weighted by Crippen LogP contribution is -2.51. The summed E-state index contributed by atoms with van der Waals surface area (Å²) in [5, 5.41) is 3.02. The molecule has 2 aliphatic heterocycles. The van der Waals surface area contributed by atoms with Crippen LogP contribution in [-0.2, 0) is 10.0 Å². The van der Waals surface area contributed by atoms with Crippen LogP contribution >= 0.6 is 0 Å². The average Bonchev–Trinajstić information content (AvgIpc) is 2.79. The molecule has 32 heavy (non-hydrogen) atoms. The number of benzene rings is 2. The van der Waals surface area contributed by atoms with Gasteiger partial charge in [-0.15, -0.1) is 0 Å². The molecule has 0 bridgehead atoms. The van der Waals surface area contributed by atoms with E-state index in [9.17, 15) is 13.2 Å². The van der Waals surface area contributed by atoms with Gasteiger partial charge in [-0.1, -0.05) is 29.8 Å². The summed E-state index contributed by atoms with van der Waals surface area (Å²) in [5.41, 5.74) is 1.02. The second-order valence-electron chi connectivity index (χ2n) is 8.32. The van der Waals surface area contributed by atoms with Gasteiger partial charge < -0.3 is 19.7 Å². The molecule has 2 aromatic carbocycles. The summed E-state index contributed by atoms with van der Waals surface area (Å²) >= 11 is 0. The number of hydrogen-bond acceptors (Lipinski definition) is 5. The molecule has 8 nitrogen and oxygen atoms in total. The Kier molecular flexibility index (Phi) is 6.57. The first-order valence-corrected chi connectivity index (χ1v) is 12.2. The highest BCUT2D eigenvalue weighted by molar-refractivity contribution is 7.89. The summed E-state index contributed by atoms with van der Waals surface area (Å²) < 4.78 is 38.8. The summed E-state index contributed by atoms with van der Waals surface area (Å²) in [6, 6.07) is 14.1. The Morgan fingerprint density at radius 1 is 1.09 bits per heavy atom. The van der Waals surface area contributed by atoms with Crippen molar-refractivity contribution in [3.05, 3.63) is 54.1 Å². The fraction of sp³-hybridized carbons (Fsp3) is 0.435. The fourth-order valence-corrected chi connectivity index (χ4v) is 5.40. The van der Waals surface area contributed by atoms with E-state index < -0.39 is 10.0 Å². The quantitative estimate of drug-likeness (QED) is 0.743. The molecule has 2 amide bonds. The number of aryl methyl sites for hydroxylation is 1. The van der Waals surface area contributed by atoms with E-state index in [1.807, 2.05) is 31.2 Å². The van der Waals surface area contributed by atoms with Crippen molar-refractivity contribution in [1.82, 2.24) is 14.5 Å². The van der Waals surface area contributed by atoms with Gasteiger partial charge in [0.2, 0.25) is 10.0 Å². The Balaban J connectivity index is 1.26. The summed E-state index contributed by atoms with van der Waals surface area (Å²) in [7, 11) is -1.79. The van der Waals surface area contributed by atoms with Crippen LogP contribution in [0.15, 0.2) is 53.4 Å². The number of nitrogens with zero attached hydrogens (tertiary/aromatic N) is 2. The SMILES string of the molecule is Cc1ccc(S(=O)(=O)N2CCC(NC(=O)N(C)C[C@H]3COc4ccccc4O3)CC2)cc1. The van der Waals surface area contributed by atoms with E-state index in [4.69, 9.17) is 9.47 Å². The maximum atomic E-state index is 12.8. The summed E-state index contributed by atoms with van der Waals surface area (Å²) in [6.07, 6.45) is 0.893. The zero-order valence-electron chi connectivity index (χ0n) is 18.4. The highest BCUT2D eigenvalue weighted by Crippen LogP contribution is 2.31. The number of carbonyl (C=O) groups is 1. The number of hydrogen-bond donors (Lipinski definition) is 1. The van der Waals surface area contributed by atoms with E-state index in [1.165, 1.54) is 4.31 Å². The minimum absolute atomic E-state index is 0.0707. The molecule has 4 rings (SSSR count). The number of ether oxygens (including phenoxy) is 2. The highest BCUT2D eigenvalue weighted by Gasteiger charge is 2.31. The smallest absolute Gasteiger partial charge is 0.317 e. The molecule has 2 heterocycles. The molecule has 0 radical (unpaired) electrons. The Morgan fingerprint density at radius 3 is 2.44 bits per heavy atom. The van der Waals surface area contributed by atoms with Gasteiger partial charge in [-0.3, -0.25) is 0 Å². The van der Waals surface area contributed by atoms with E-state index in [0.717, 1.165) is 5.56 Å². The van der Waals surface area contributed by atoms with Crippen LogP contribution < -0.4 is 14.8 Å². The number of urea groups is 1. The lowest BCUT2D eigenvalue weighted by Gasteiger charge is -2.33. The van der Waals surface area contributed by atoms with Crippen molar-refractivity contribution < 1.29 is 22.7 Å². The number of nitrogens with one attached hydrogen (secondary N) is 1. The number of piperidine rings is 1. The number of amides is 2. The normalized spacial score (nSPS) is 19.4.